The second-order valence-electron chi connectivity index (χ2n) is 6.44. The van der Waals surface area contributed by atoms with Gasteiger partial charge in [0.05, 0.1) is 12.6 Å². The molecule has 1 aliphatic rings. The number of carbonyl (C=O) groups excluding carboxylic acids is 1. The molecular formula is C18H30N4O2. The first-order valence-corrected chi connectivity index (χ1v) is 8.61. The Balaban J connectivity index is 2.10. The molecule has 0 radical (unpaired) electrons. The highest BCUT2D eigenvalue weighted by molar-refractivity contribution is 5.67. The predicted octanol–water partition coefficient (Wildman–Crippen LogP) is 1.79. The number of alkyl carbamates (subject to hydrolysis) is 1. The second-order valence-corrected chi connectivity index (χ2v) is 6.44. The van der Waals surface area contributed by atoms with Gasteiger partial charge in [0.2, 0.25) is 0 Å². The van der Waals surface area contributed by atoms with Gasteiger partial charge in [-0.15, -0.1) is 0 Å². The zero-order chi connectivity index (χ0) is 17.5. The highest BCUT2D eigenvalue weighted by Crippen LogP contribution is 2.24. The highest BCUT2D eigenvalue weighted by atomic mass is 16.5. The summed E-state index contributed by atoms with van der Waals surface area (Å²) in [6, 6.07) is 8.74. The van der Waals surface area contributed by atoms with Crippen molar-refractivity contribution >= 4 is 11.8 Å². The number of hydrogen-bond acceptors (Lipinski definition) is 5. The number of rotatable bonds is 6. The van der Waals surface area contributed by atoms with Crippen LogP contribution in [0.3, 0.4) is 0 Å². The summed E-state index contributed by atoms with van der Waals surface area (Å²) in [6.07, 6.45) is -0.346. The van der Waals surface area contributed by atoms with E-state index in [0.717, 1.165) is 26.2 Å². The third kappa shape index (κ3) is 5.11. The van der Waals surface area contributed by atoms with E-state index in [4.69, 9.17) is 4.74 Å². The van der Waals surface area contributed by atoms with Gasteiger partial charge < -0.3 is 19.9 Å². The summed E-state index contributed by atoms with van der Waals surface area (Å²) in [5, 5.41) is 2.90. The van der Waals surface area contributed by atoms with E-state index in [0.29, 0.717) is 13.2 Å². The molecule has 1 saturated heterocycles. The molecule has 1 heterocycles. The maximum absolute atomic E-state index is 11.7. The minimum atomic E-state index is -0.346. The first kappa shape index (κ1) is 18.5. The minimum absolute atomic E-state index is 0.166. The first-order chi connectivity index (χ1) is 11.5. The van der Waals surface area contributed by atoms with Crippen LogP contribution >= 0.6 is 0 Å². The molecule has 1 atom stereocenters. The molecule has 0 spiro atoms. The van der Waals surface area contributed by atoms with E-state index in [1.165, 1.54) is 11.3 Å². The van der Waals surface area contributed by atoms with Crippen molar-refractivity contribution in [2.45, 2.75) is 13.0 Å². The maximum Gasteiger partial charge on any atom is 0.407 e. The van der Waals surface area contributed by atoms with Crippen molar-refractivity contribution in [3.05, 3.63) is 29.8 Å². The monoisotopic (exact) mass is 334 g/mol. The summed E-state index contributed by atoms with van der Waals surface area (Å²) in [5.41, 5.74) is 2.40. The Morgan fingerprint density at radius 2 is 1.83 bits per heavy atom. The zero-order valence-corrected chi connectivity index (χ0v) is 15.3. The molecule has 1 aromatic rings. The fourth-order valence-electron chi connectivity index (χ4n) is 2.95. The molecule has 1 fully saturated rings. The van der Waals surface area contributed by atoms with Gasteiger partial charge in [0, 0.05) is 52.5 Å². The summed E-state index contributed by atoms with van der Waals surface area (Å²) in [5.74, 6) is 0. The van der Waals surface area contributed by atoms with Crippen molar-refractivity contribution < 1.29 is 9.53 Å². The number of benzene rings is 1. The molecule has 1 N–H and O–H groups in total. The van der Waals surface area contributed by atoms with Crippen molar-refractivity contribution in [2.75, 3.05) is 65.4 Å². The third-order valence-corrected chi connectivity index (χ3v) is 4.49. The van der Waals surface area contributed by atoms with Crippen LogP contribution in [-0.2, 0) is 4.74 Å². The molecule has 6 nitrogen and oxygen atoms in total. The molecule has 0 bridgehead atoms. The summed E-state index contributed by atoms with van der Waals surface area (Å²) in [4.78, 5) is 18.6. The van der Waals surface area contributed by atoms with E-state index in [2.05, 4.69) is 51.3 Å². The van der Waals surface area contributed by atoms with E-state index in [-0.39, 0.29) is 12.1 Å². The lowest BCUT2D eigenvalue weighted by Crippen LogP contribution is -2.48. The molecule has 2 rings (SSSR count). The minimum Gasteiger partial charge on any atom is -0.450 e. The van der Waals surface area contributed by atoms with E-state index >= 15 is 0 Å². The Hall–Kier alpha value is -1.79. The number of piperazine rings is 1. The van der Waals surface area contributed by atoms with Gasteiger partial charge in [0.1, 0.15) is 0 Å². The number of nitrogens with zero attached hydrogens (tertiary/aromatic N) is 3. The van der Waals surface area contributed by atoms with Crippen LogP contribution in [-0.4, -0.2) is 76.4 Å². The van der Waals surface area contributed by atoms with Gasteiger partial charge >= 0.3 is 6.09 Å². The van der Waals surface area contributed by atoms with Gasteiger partial charge in [-0.2, -0.15) is 0 Å². The normalized spacial score (nSPS) is 17.3. The van der Waals surface area contributed by atoms with E-state index < -0.39 is 0 Å². The largest absolute Gasteiger partial charge is 0.450 e. The summed E-state index contributed by atoms with van der Waals surface area (Å²) >= 11 is 0. The van der Waals surface area contributed by atoms with Crippen molar-refractivity contribution in [3.63, 3.8) is 0 Å². The van der Waals surface area contributed by atoms with Crippen LogP contribution in [0.5, 0.6) is 0 Å². The van der Waals surface area contributed by atoms with Crippen molar-refractivity contribution in [1.29, 1.82) is 0 Å². The van der Waals surface area contributed by atoms with Crippen LogP contribution < -0.4 is 10.2 Å². The van der Waals surface area contributed by atoms with Crippen LogP contribution in [0.25, 0.3) is 0 Å². The predicted molar refractivity (Wildman–Crippen MR) is 97.6 cm³/mol. The molecule has 6 heteroatoms. The van der Waals surface area contributed by atoms with Crippen LogP contribution in [0.15, 0.2) is 24.3 Å². The van der Waals surface area contributed by atoms with Crippen molar-refractivity contribution in [2.24, 2.45) is 0 Å². The molecule has 1 aromatic carbocycles. The van der Waals surface area contributed by atoms with Gasteiger partial charge in [-0.05, 0) is 31.7 Å². The van der Waals surface area contributed by atoms with Crippen molar-refractivity contribution in [3.8, 4) is 0 Å². The fraction of sp³-hybridized carbons (Fsp3) is 0.611. The van der Waals surface area contributed by atoms with Crippen LogP contribution in [0.2, 0.25) is 0 Å². The molecular weight excluding hydrogens is 304 g/mol. The molecule has 134 valence electrons. The van der Waals surface area contributed by atoms with Gasteiger partial charge in [-0.3, -0.25) is 4.90 Å². The van der Waals surface area contributed by atoms with Gasteiger partial charge in [-0.1, -0.05) is 12.1 Å². The smallest absolute Gasteiger partial charge is 0.407 e. The number of nitrogens with one attached hydrogen (secondary N) is 1. The Morgan fingerprint density at radius 3 is 2.38 bits per heavy atom. The molecule has 0 aromatic heterocycles. The Labute approximate surface area is 145 Å². The number of hydrogen-bond donors (Lipinski definition) is 1. The second kappa shape index (κ2) is 8.89. The number of anilines is 1. The Bertz CT molecular complexity index is 510. The summed E-state index contributed by atoms with van der Waals surface area (Å²) < 4.78 is 5.00. The first-order valence-electron chi connectivity index (χ1n) is 8.61. The number of likely N-dealkylation sites (N-methyl/N-ethyl adjacent to an activating group) is 1. The van der Waals surface area contributed by atoms with Crippen LogP contribution in [0.1, 0.15) is 18.5 Å². The van der Waals surface area contributed by atoms with Gasteiger partial charge in [-0.25, -0.2) is 4.79 Å². The summed E-state index contributed by atoms with van der Waals surface area (Å²) in [7, 11) is 6.22. The summed E-state index contributed by atoms with van der Waals surface area (Å²) in [6.45, 7) is 6.86. The average molecular weight is 334 g/mol. The Morgan fingerprint density at radius 1 is 1.21 bits per heavy atom. The topological polar surface area (TPSA) is 48.1 Å². The molecule has 1 aliphatic heterocycles. The number of carbonyl (C=O) groups is 1. The maximum atomic E-state index is 11.7. The molecule has 1 amide bonds. The molecule has 1 unspecified atom stereocenters. The zero-order valence-electron chi connectivity index (χ0n) is 15.3. The van der Waals surface area contributed by atoms with E-state index in [1.807, 2.05) is 21.0 Å². The number of amides is 1. The molecule has 0 aliphatic carbocycles. The lowest BCUT2D eigenvalue weighted by Gasteiger charge is -2.38. The average Bonchev–Trinajstić information content (AvgIpc) is 2.57. The van der Waals surface area contributed by atoms with E-state index in [9.17, 15) is 4.79 Å². The number of ether oxygens (including phenoxy) is 1. The fourth-order valence-corrected chi connectivity index (χ4v) is 2.95. The van der Waals surface area contributed by atoms with Crippen LogP contribution in [0.4, 0.5) is 10.5 Å². The third-order valence-electron chi connectivity index (χ3n) is 4.49. The Kier molecular flexibility index (Phi) is 6.87. The van der Waals surface area contributed by atoms with Gasteiger partial charge in [0.15, 0.2) is 0 Å². The molecule has 24 heavy (non-hydrogen) atoms. The lowest BCUT2D eigenvalue weighted by molar-refractivity contribution is 0.105. The SMILES string of the molecule is CCOC(=O)NCC(c1ccc(N(C)C)cc1)N1CCN(C)CC1. The standard InChI is InChI=1S/C18H30N4O2/c1-5-24-18(23)19-14-17(22-12-10-21(4)11-13-22)15-6-8-16(9-7-15)20(2)3/h6-9,17H,5,10-14H2,1-4H3,(H,19,23). The molecule has 0 saturated carbocycles. The quantitative estimate of drug-likeness (QED) is 0.859. The lowest BCUT2D eigenvalue weighted by atomic mass is 10.0. The van der Waals surface area contributed by atoms with E-state index in [1.54, 1.807) is 0 Å². The van der Waals surface area contributed by atoms with Crippen molar-refractivity contribution in [1.82, 2.24) is 15.1 Å². The van der Waals surface area contributed by atoms with Gasteiger partial charge in [0.25, 0.3) is 0 Å². The highest BCUT2D eigenvalue weighted by Gasteiger charge is 2.24. The van der Waals surface area contributed by atoms with Crippen LogP contribution in [0, 0.1) is 0 Å².